The van der Waals surface area contributed by atoms with Gasteiger partial charge in [0.1, 0.15) is 0 Å². The predicted octanol–water partition coefficient (Wildman–Crippen LogP) is 3.75. The van der Waals surface area contributed by atoms with Gasteiger partial charge in [0, 0.05) is 12.3 Å². The van der Waals surface area contributed by atoms with E-state index in [0.29, 0.717) is 11.2 Å². The third-order valence-corrected chi connectivity index (χ3v) is 5.95. The molecule has 124 valence electrons. The van der Waals surface area contributed by atoms with Gasteiger partial charge in [-0.3, -0.25) is 5.43 Å². The lowest BCUT2D eigenvalue weighted by Gasteiger charge is -2.32. The zero-order chi connectivity index (χ0) is 16.4. The van der Waals surface area contributed by atoms with E-state index in [0.717, 1.165) is 29.2 Å². The van der Waals surface area contributed by atoms with Crippen molar-refractivity contribution < 1.29 is 0 Å². The molecule has 0 unspecified atom stereocenters. The number of fused-ring (bicyclic) bond motifs is 5. The molecule has 5 atom stereocenters. The molecule has 1 aromatic carbocycles. The summed E-state index contributed by atoms with van der Waals surface area (Å²) in [6.45, 7) is 0. The lowest BCUT2D eigenvalue weighted by atomic mass is 9.79. The first-order valence-corrected chi connectivity index (χ1v) is 9.20. The number of rotatable bonds is 4. The van der Waals surface area contributed by atoms with Gasteiger partial charge in [-0.25, -0.2) is 0 Å². The summed E-state index contributed by atoms with van der Waals surface area (Å²) >= 11 is 5.39. The molecule has 24 heavy (non-hydrogen) atoms. The highest BCUT2D eigenvalue weighted by Crippen LogP contribution is 2.56. The van der Waals surface area contributed by atoms with Gasteiger partial charge in [-0.05, 0) is 66.8 Å². The first-order chi connectivity index (χ1) is 11.8. The second-order valence-corrected chi connectivity index (χ2v) is 7.45. The lowest BCUT2D eigenvalue weighted by molar-refractivity contribution is 0.246. The monoisotopic (exact) mass is 337 g/mol. The molecule has 3 nitrogen and oxygen atoms in total. The molecule has 2 N–H and O–H groups in total. The summed E-state index contributed by atoms with van der Waals surface area (Å²) < 4.78 is 0. The smallest absolute Gasteiger partial charge is 0.187 e. The average Bonchev–Trinajstić information content (AvgIpc) is 3.28. The maximum absolute atomic E-state index is 5.39. The number of nitrogens with zero attached hydrogens (tertiary/aromatic N) is 1. The summed E-state index contributed by atoms with van der Waals surface area (Å²) in [4.78, 5) is 0. The van der Waals surface area contributed by atoms with E-state index in [4.69, 9.17) is 12.2 Å². The summed E-state index contributed by atoms with van der Waals surface area (Å²) in [5, 5.41) is 8.29. The molecule has 2 bridgehead atoms. The van der Waals surface area contributed by atoms with Gasteiger partial charge < -0.3 is 5.32 Å². The lowest BCUT2D eigenvalue weighted by Crippen LogP contribution is -2.45. The van der Waals surface area contributed by atoms with Crippen LogP contribution in [0.5, 0.6) is 0 Å². The number of hydrazone groups is 1. The van der Waals surface area contributed by atoms with Crippen molar-refractivity contribution in [1.29, 1.82) is 0 Å². The normalized spacial score (nSPS) is 33.4. The molecule has 1 aromatic rings. The van der Waals surface area contributed by atoms with Crippen LogP contribution in [0.25, 0.3) is 6.08 Å². The highest BCUT2D eigenvalue weighted by molar-refractivity contribution is 7.80. The Balaban J connectivity index is 1.24. The largest absolute Gasteiger partial charge is 0.358 e. The third kappa shape index (κ3) is 3.16. The van der Waals surface area contributed by atoms with Crippen molar-refractivity contribution in [2.24, 2.45) is 28.8 Å². The van der Waals surface area contributed by atoms with Crippen LogP contribution in [-0.2, 0) is 0 Å². The molecule has 0 aliphatic heterocycles. The molecule has 0 aromatic heterocycles. The average molecular weight is 337 g/mol. The quantitative estimate of drug-likeness (QED) is 0.380. The van der Waals surface area contributed by atoms with Crippen LogP contribution in [0, 0.1) is 23.7 Å². The molecule has 0 heterocycles. The number of hydrogen-bond donors (Lipinski definition) is 2. The number of hydrogen-bond acceptors (Lipinski definition) is 2. The second kappa shape index (κ2) is 6.89. The molecule has 0 saturated heterocycles. The van der Waals surface area contributed by atoms with Crippen molar-refractivity contribution in [3.63, 3.8) is 0 Å². The summed E-state index contributed by atoms with van der Waals surface area (Å²) in [7, 11) is 0. The second-order valence-electron chi connectivity index (χ2n) is 7.04. The Labute approximate surface area is 148 Å². The van der Waals surface area contributed by atoms with E-state index in [1.165, 1.54) is 19.3 Å². The molecule has 0 spiro atoms. The Morgan fingerprint density at radius 2 is 2.04 bits per heavy atom. The van der Waals surface area contributed by atoms with Crippen LogP contribution < -0.4 is 10.7 Å². The molecule has 0 amide bonds. The maximum atomic E-state index is 5.39. The standard InChI is InChI=1S/C20H23N3S/c24-20(23-21-11-5-8-14-6-2-1-3-7-14)22-19-13-15-12-18(19)17-10-4-9-16(15)17/h1-8,10-11,15-19H,9,12-13H2,(H2,22,23,24)/b8-5+,21-11-/t15-,16-,17+,18-,19-/m1/s1. The number of benzene rings is 1. The zero-order valence-corrected chi connectivity index (χ0v) is 14.5. The van der Waals surface area contributed by atoms with Gasteiger partial charge in [-0.2, -0.15) is 5.10 Å². The number of thiocarbonyl (C=S) groups is 1. The SMILES string of the molecule is S=C(N/N=C\C=C\c1ccccc1)N[C@@H]1C[C@H]2C[C@@H]1[C@H]1C=CC[C@H]21. The van der Waals surface area contributed by atoms with Crippen LogP contribution in [-0.4, -0.2) is 17.4 Å². The Morgan fingerprint density at radius 3 is 2.92 bits per heavy atom. The Kier molecular flexibility index (Phi) is 4.48. The van der Waals surface area contributed by atoms with Gasteiger partial charge in [-0.15, -0.1) is 0 Å². The van der Waals surface area contributed by atoms with Crippen molar-refractivity contribution in [1.82, 2.24) is 10.7 Å². The van der Waals surface area contributed by atoms with Gasteiger partial charge in [0.25, 0.3) is 0 Å². The molecular formula is C20H23N3S. The first-order valence-electron chi connectivity index (χ1n) is 8.79. The van der Waals surface area contributed by atoms with E-state index < -0.39 is 0 Å². The fourth-order valence-corrected chi connectivity index (χ4v) is 4.97. The van der Waals surface area contributed by atoms with Gasteiger partial charge >= 0.3 is 0 Å². The summed E-state index contributed by atoms with van der Waals surface area (Å²) in [5.74, 6) is 3.32. The van der Waals surface area contributed by atoms with Crippen LogP contribution in [0.3, 0.4) is 0 Å². The van der Waals surface area contributed by atoms with Crippen molar-refractivity contribution in [2.45, 2.75) is 25.3 Å². The summed E-state index contributed by atoms with van der Waals surface area (Å²) in [6.07, 6.45) is 14.4. The van der Waals surface area contributed by atoms with Crippen molar-refractivity contribution >= 4 is 29.6 Å². The molecule has 3 aliphatic carbocycles. The molecule has 2 saturated carbocycles. The Hall–Kier alpha value is -1.94. The van der Waals surface area contributed by atoms with E-state index in [1.54, 1.807) is 6.21 Å². The molecule has 4 heteroatoms. The highest BCUT2D eigenvalue weighted by atomic mass is 32.1. The summed E-state index contributed by atoms with van der Waals surface area (Å²) in [6, 6.07) is 10.7. The van der Waals surface area contributed by atoms with Gasteiger partial charge in [0.05, 0.1) is 0 Å². The van der Waals surface area contributed by atoms with Gasteiger partial charge in [0.15, 0.2) is 5.11 Å². The minimum atomic E-state index is 0.508. The minimum Gasteiger partial charge on any atom is -0.358 e. The molecule has 0 radical (unpaired) electrons. The van der Waals surface area contributed by atoms with Gasteiger partial charge in [0.2, 0.25) is 0 Å². The maximum Gasteiger partial charge on any atom is 0.187 e. The van der Waals surface area contributed by atoms with Gasteiger partial charge in [-0.1, -0.05) is 48.6 Å². The first kappa shape index (κ1) is 15.6. The Bertz CT molecular complexity index is 679. The number of nitrogens with one attached hydrogen (secondary N) is 2. The van der Waals surface area contributed by atoms with Crippen LogP contribution in [0.15, 0.2) is 53.7 Å². The molecule has 4 rings (SSSR count). The fraction of sp³-hybridized carbons (Fsp3) is 0.400. The zero-order valence-electron chi connectivity index (χ0n) is 13.6. The number of allylic oxidation sites excluding steroid dienone is 3. The third-order valence-electron chi connectivity index (χ3n) is 5.74. The van der Waals surface area contributed by atoms with Crippen molar-refractivity contribution in [2.75, 3.05) is 0 Å². The van der Waals surface area contributed by atoms with E-state index in [1.807, 2.05) is 30.4 Å². The summed E-state index contributed by atoms with van der Waals surface area (Å²) in [5.41, 5.74) is 4.09. The molecule has 2 fully saturated rings. The van der Waals surface area contributed by atoms with Crippen LogP contribution in [0.2, 0.25) is 0 Å². The molecular weight excluding hydrogens is 314 g/mol. The topological polar surface area (TPSA) is 36.4 Å². The highest BCUT2D eigenvalue weighted by Gasteiger charge is 2.52. The predicted molar refractivity (Wildman–Crippen MR) is 104 cm³/mol. The van der Waals surface area contributed by atoms with Crippen molar-refractivity contribution in [3.05, 3.63) is 54.1 Å². The van der Waals surface area contributed by atoms with E-state index >= 15 is 0 Å². The van der Waals surface area contributed by atoms with E-state index in [9.17, 15) is 0 Å². The van der Waals surface area contributed by atoms with Crippen LogP contribution in [0.1, 0.15) is 24.8 Å². The Morgan fingerprint density at radius 1 is 1.17 bits per heavy atom. The van der Waals surface area contributed by atoms with Crippen LogP contribution in [0.4, 0.5) is 0 Å². The van der Waals surface area contributed by atoms with E-state index in [-0.39, 0.29) is 0 Å². The van der Waals surface area contributed by atoms with E-state index in [2.05, 4.69) is 40.1 Å². The van der Waals surface area contributed by atoms with Crippen LogP contribution >= 0.6 is 12.2 Å². The molecule has 3 aliphatic rings. The minimum absolute atomic E-state index is 0.508. The fourth-order valence-electron chi connectivity index (χ4n) is 4.77. The van der Waals surface area contributed by atoms with Crippen molar-refractivity contribution in [3.8, 4) is 0 Å².